The summed E-state index contributed by atoms with van der Waals surface area (Å²) in [7, 11) is 0. The molecule has 0 fully saturated rings. The number of nitriles is 1. The second-order valence-corrected chi connectivity index (χ2v) is 7.62. The number of nitrogens with one attached hydrogen (secondary N) is 2. The second kappa shape index (κ2) is 8.31. The number of aryl methyl sites for hydroxylation is 1. The third-order valence-corrected chi connectivity index (χ3v) is 5.77. The van der Waals surface area contributed by atoms with Crippen LogP contribution in [-0.4, -0.2) is 29.6 Å². The van der Waals surface area contributed by atoms with Crippen LogP contribution in [0.2, 0.25) is 0 Å². The molecule has 8 nitrogen and oxygen atoms in total. The summed E-state index contributed by atoms with van der Waals surface area (Å²) in [5.41, 5.74) is 3.85. The molecule has 0 saturated heterocycles. The molecule has 1 aliphatic carbocycles. The molecule has 0 saturated carbocycles. The summed E-state index contributed by atoms with van der Waals surface area (Å²) in [4.78, 5) is 36.7. The van der Waals surface area contributed by atoms with E-state index in [4.69, 9.17) is 4.74 Å². The Morgan fingerprint density at radius 3 is 2.74 bits per heavy atom. The van der Waals surface area contributed by atoms with Crippen molar-refractivity contribution < 1.29 is 19.1 Å². The van der Waals surface area contributed by atoms with E-state index in [9.17, 15) is 19.6 Å². The van der Waals surface area contributed by atoms with Gasteiger partial charge in [0.1, 0.15) is 16.8 Å². The van der Waals surface area contributed by atoms with E-state index >= 15 is 0 Å². The fraction of sp³-hybridized carbons (Fsp3) is 0.500. The molecule has 1 aromatic rings. The molecule has 27 heavy (non-hydrogen) atoms. The van der Waals surface area contributed by atoms with E-state index in [1.807, 2.05) is 0 Å². The molecule has 0 spiro atoms. The Bertz CT molecular complexity index is 852. The van der Waals surface area contributed by atoms with Crippen LogP contribution >= 0.6 is 11.3 Å². The number of esters is 1. The number of hydrogen-bond acceptors (Lipinski definition) is 7. The van der Waals surface area contributed by atoms with Crippen LogP contribution < -0.4 is 10.7 Å². The number of ether oxygens (including phenoxy) is 1. The van der Waals surface area contributed by atoms with Crippen LogP contribution in [0.4, 0.5) is 5.00 Å². The highest BCUT2D eigenvalue weighted by Gasteiger charge is 2.26. The summed E-state index contributed by atoms with van der Waals surface area (Å²) >= 11 is 1.43. The van der Waals surface area contributed by atoms with E-state index in [2.05, 4.69) is 21.9 Å². The summed E-state index contributed by atoms with van der Waals surface area (Å²) in [5.74, 6) is -1.50. The Hall–Kier alpha value is -2.73. The molecule has 9 heteroatoms. The summed E-state index contributed by atoms with van der Waals surface area (Å²) in [6, 6.07) is 2.20. The topological polar surface area (TPSA) is 121 Å². The van der Waals surface area contributed by atoms with E-state index < -0.39 is 18.0 Å². The average molecular weight is 388 g/mol. The Morgan fingerprint density at radius 1 is 1.26 bits per heavy atom. The number of thiophene rings is 1. The highest BCUT2D eigenvalue weighted by molar-refractivity contribution is 7.16. The lowest BCUT2D eigenvalue weighted by Crippen LogP contribution is -2.35. The van der Waals surface area contributed by atoms with Gasteiger partial charge in [0.25, 0.3) is 5.91 Å². The van der Waals surface area contributed by atoms with Crippen LogP contribution in [0.5, 0.6) is 0 Å². The largest absolute Gasteiger partial charge is 0.448 e. The summed E-state index contributed by atoms with van der Waals surface area (Å²) in [6.07, 6.45) is 4.31. The first kappa shape index (κ1) is 19.0. The fourth-order valence-electron chi connectivity index (χ4n) is 3.07. The molecule has 0 bridgehead atoms. The van der Waals surface area contributed by atoms with Crippen LogP contribution in [0, 0.1) is 11.3 Å². The van der Waals surface area contributed by atoms with Gasteiger partial charge in [-0.15, -0.1) is 11.3 Å². The van der Waals surface area contributed by atoms with Crippen molar-refractivity contribution in [2.75, 3.05) is 5.32 Å². The number of anilines is 1. The lowest BCUT2D eigenvalue weighted by atomic mass is 10.1. The highest BCUT2D eigenvalue weighted by atomic mass is 32.1. The molecule has 2 heterocycles. The molecular formula is C18H20N4O4S. The lowest BCUT2D eigenvalue weighted by molar-refractivity contribution is -0.146. The standard InChI is InChI=1S/C18H20N4O4S/c1-10(26-18(25)13-7-8-15(23)22-21-13)16(24)20-17-12(9-19)11-5-3-2-4-6-14(11)27-17/h10H,2-8H2,1H3,(H,20,24)(H,22,23)/t10-/m1/s1. The van der Waals surface area contributed by atoms with Crippen molar-refractivity contribution in [3.05, 3.63) is 16.0 Å². The van der Waals surface area contributed by atoms with Gasteiger partial charge < -0.3 is 10.1 Å². The number of carbonyl (C=O) groups excluding carboxylic acids is 3. The number of hydrogen-bond donors (Lipinski definition) is 2. The molecule has 0 radical (unpaired) electrons. The molecule has 2 aliphatic rings. The van der Waals surface area contributed by atoms with E-state index in [0.29, 0.717) is 10.6 Å². The zero-order chi connectivity index (χ0) is 19.4. The highest BCUT2D eigenvalue weighted by Crippen LogP contribution is 2.37. The van der Waals surface area contributed by atoms with Gasteiger partial charge in [0.05, 0.1) is 5.56 Å². The van der Waals surface area contributed by atoms with Gasteiger partial charge in [-0.2, -0.15) is 10.4 Å². The van der Waals surface area contributed by atoms with Gasteiger partial charge in [0.15, 0.2) is 6.10 Å². The van der Waals surface area contributed by atoms with Gasteiger partial charge >= 0.3 is 5.97 Å². The molecule has 0 aromatic carbocycles. The van der Waals surface area contributed by atoms with Crippen LogP contribution in [0.3, 0.4) is 0 Å². The van der Waals surface area contributed by atoms with E-state index in [-0.39, 0.29) is 24.5 Å². The van der Waals surface area contributed by atoms with Crippen LogP contribution in [-0.2, 0) is 32.0 Å². The maximum Gasteiger partial charge on any atom is 0.355 e. The van der Waals surface area contributed by atoms with Crippen LogP contribution in [0.1, 0.15) is 55.0 Å². The molecule has 0 unspecified atom stereocenters. The summed E-state index contributed by atoms with van der Waals surface area (Å²) in [5, 5.41) is 16.4. The predicted molar refractivity (Wildman–Crippen MR) is 99.3 cm³/mol. The van der Waals surface area contributed by atoms with E-state index in [0.717, 1.165) is 42.5 Å². The normalized spacial score (nSPS) is 17.5. The van der Waals surface area contributed by atoms with Crippen molar-refractivity contribution in [2.45, 2.75) is 58.0 Å². The average Bonchev–Trinajstić information content (AvgIpc) is 2.81. The van der Waals surface area contributed by atoms with Gasteiger partial charge in [-0.25, -0.2) is 10.2 Å². The molecule has 1 aliphatic heterocycles. The van der Waals surface area contributed by atoms with Crippen molar-refractivity contribution in [3.63, 3.8) is 0 Å². The van der Waals surface area contributed by atoms with Gasteiger partial charge in [-0.05, 0) is 38.2 Å². The van der Waals surface area contributed by atoms with Crippen molar-refractivity contribution in [1.82, 2.24) is 5.43 Å². The number of fused-ring (bicyclic) bond motifs is 1. The third kappa shape index (κ3) is 4.34. The van der Waals surface area contributed by atoms with Crippen LogP contribution in [0.15, 0.2) is 5.10 Å². The van der Waals surface area contributed by atoms with Crippen LogP contribution in [0.25, 0.3) is 0 Å². The van der Waals surface area contributed by atoms with Gasteiger partial charge in [0, 0.05) is 17.7 Å². The second-order valence-electron chi connectivity index (χ2n) is 6.51. The maximum atomic E-state index is 12.4. The molecule has 1 aromatic heterocycles. The first-order valence-electron chi connectivity index (χ1n) is 8.91. The zero-order valence-corrected chi connectivity index (χ0v) is 15.8. The maximum absolute atomic E-state index is 12.4. The molecule has 2 amide bonds. The van der Waals surface area contributed by atoms with E-state index in [1.54, 1.807) is 0 Å². The first-order valence-corrected chi connectivity index (χ1v) is 9.73. The van der Waals surface area contributed by atoms with Crippen molar-refractivity contribution in [2.24, 2.45) is 5.10 Å². The number of rotatable bonds is 4. The Kier molecular flexibility index (Phi) is 5.86. The number of carbonyl (C=O) groups is 3. The van der Waals surface area contributed by atoms with Crippen molar-refractivity contribution in [1.29, 1.82) is 5.26 Å². The molecule has 1 atom stereocenters. The van der Waals surface area contributed by atoms with E-state index in [1.165, 1.54) is 18.3 Å². The monoisotopic (exact) mass is 388 g/mol. The summed E-state index contributed by atoms with van der Waals surface area (Å²) in [6.45, 7) is 1.46. The van der Waals surface area contributed by atoms with Gasteiger partial charge in [-0.1, -0.05) is 6.42 Å². The Labute approximate surface area is 160 Å². The molecule has 3 rings (SSSR count). The smallest absolute Gasteiger partial charge is 0.355 e. The molecular weight excluding hydrogens is 368 g/mol. The van der Waals surface area contributed by atoms with Gasteiger partial charge in [-0.3, -0.25) is 9.59 Å². The Balaban J connectivity index is 1.66. The molecule has 2 N–H and O–H groups in total. The molecule has 142 valence electrons. The van der Waals surface area contributed by atoms with Gasteiger partial charge in [0.2, 0.25) is 5.91 Å². The summed E-state index contributed by atoms with van der Waals surface area (Å²) < 4.78 is 5.14. The SMILES string of the molecule is C[C@@H](OC(=O)C1=NNC(=O)CC1)C(=O)Nc1sc2c(c1C#N)CCCCC2. The Morgan fingerprint density at radius 2 is 2.04 bits per heavy atom. The minimum absolute atomic E-state index is 0.0785. The predicted octanol–water partition coefficient (Wildman–Crippen LogP) is 2.02. The zero-order valence-electron chi connectivity index (χ0n) is 15.0. The fourth-order valence-corrected chi connectivity index (χ4v) is 4.31. The minimum atomic E-state index is -1.05. The number of amides is 2. The lowest BCUT2D eigenvalue weighted by Gasteiger charge is -2.15. The minimum Gasteiger partial charge on any atom is -0.448 e. The quantitative estimate of drug-likeness (QED) is 0.604. The van der Waals surface area contributed by atoms with Crippen molar-refractivity contribution >= 4 is 39.8 Å². The number of hydrazone groups is 1. The van der Waals surface area contributed by atoms with Crippen molar-refractivity contribution in [3.8, 4) is 6.07 Å². The first-order chi connectivity index (χ1) is 13.0. The third-order valence-electron chi connectivity index (χ3n) is 4.56. The number of nitrogens with zero attached hydrogens (tertiary/aromatic N) is 2.